The molecule has 20 heavy (non-hydrogen) atoms. The summed E-state index contributed by atoms with van der Waals surface area (Å²) in [5.41, 5.74) is 2.36. The normalized spacial score (nSPS) is 12.2. The van der Waals surface area contributed by atoms with Gasteiger partial charge in [0, 0.05) is 6.54 Å². The number of amides is 1. The van der Waals surface area contributed by atoms with E-state index in [0.717, 1.165) is 0 Å². The monoisotopic (exact) mass is 319 g/mol. The molecule has 1 unspecified atom stereocenters. The van der Waals surface area contributed by atoms with E-state index in [1.807, 2.05) is 13.8 Å². The van der Waals surface area contributed by atoms with Crippen LogP contribution in [0.15, 0.2) is 6.07 Å². The average molecular weight is 320 g/mol. The highest BCUT2D eigenvalue weighted by molar-refractivity contribution is 6.37. The molecule has 1 rings (SSSR count). The molecule has 0 saturated carbocycles. The maximum absolute atomic E-state index is 11.9. The van der Waals surface area contributed by atoms with Crippen molar-refractivity contribution in [3.63, 3.8) is 0 Å². The number of hydrazine groups is 1. The van der Waals surface area contributed by atoms with Gasteiger partial charge in [-0.2, -0.15) is 0 Å². The van der Waals surface area contributed by atoms with E-state index in [1.54, 1.807) is 6.92 Å². The van der Waals surface area contributed by atoms with Crippen molar-refractivity contribution < 1.29 is 4.79 Å². The van der Waals surface area contributed by atoms with Crippen molar-refractivity contribution in [2.45, 2.75) is 26.8 Å². The first-order valence-electron chi connectivity index (χ1n) is 6.22. The van der Waals surface area contributed by atoms with Gasteiger partial charge in [-0.25, -0.2) is 10.8 Å². The third-order valence-corrected chi connectivity index (χ3v) is 3.07. The summed E-state index contributed by atoms with van der Waals surface area (Å²) in [6, 6.07) is 1.03. The fourth-order valence-corrected chi connectivity index (χ4v) is 1.87. The molecule has 5 N–H and O–H groups in total. The van der Waals surface area contributed by atoms with Crippen LogP contribution in [0.1, 0.15) is 20.8 Å². The zero-order chi connectivity index (χ0) is 15.3. The molecule has 1 aromatic rings. The molecule has 0 aliphatic rings. The van der Waals surface area contributed by atoms with Crippen LogP contribution >= 0.6 is 23.2 Å². The van der Waals surface area contributed by atoms with Gasteiger partial charge in [-0.15, -0.1) is 0 Å². The van der Waals surface area contributed by atoms with E-state index in [9.17, 15) is 4.79 Å². The van der Waals surface area contributed by atoms with Gasteiger partial charge in [0.25, 0.3) is 0 Å². The molecule has 0 bridgehead atoms. The van der Waals surface area contributed by atoms with Gasteiger partial charge in [0.05, 0.1) is 10.0 Å². The van der Waals surface area contributed by atoms with Gasteiger partial charge in [0.15, 0.2) is 5.82 Å². The van der Waals surface area contributed by atoms with Crippen molar-refractivity contribution >= 4 is 40.7 Å². The van der Waals surface area contributed by atoms with Gasteiger partial charge in [-0.1, -0.05) is 37.0 Å². The van der Waals surface area contributed by atoms with Gasteiger partial charge < -0.3 is 16.1 Å². The van der Waals surface area contributed by atoms with Gasteiger partial charge in [-0.05, 0) is 18.9 Å². The first kappa shape index (κ1) is 16.8. The van der Waals surface area contributed by atoms with Gasteiger partial charge in [0.2, 0.25) is 5.91 Å². The maximum atomic E-state index is 11.9. The molecule has 0 saturated heterocycles. The Kier molecular flexibility index (Phi) is 6.32. The van der Waals surface area contributed by atoms with Crippen LogP contribution in [0.4, 0.5) is 11.6 Å². The Morgan fingerprint density at radius 1 is 1.30 bits per heavy atom. The molecule has 0 fully saturated rings. The number of carbonyl (C=O) groups is 1. The molecule has 1 atom stereocenters. The first-order valence-corrected chi connectivity index (χ1v) is 6.97. The van der Waals surface area contributed by atoms with E-state index in [2.05, 4.69) is 21.0 Å². The average Bonchev–Trinajstić information content (AvgIpc) is 2.38. The van der Waals surface area contributed by atoms with E-state index in [0.29, 0.717) is 28.3 Å². The zero-order valence-corrected chi connectivity index (χ0v) is 13.1. The maximum Gasteiger partial charge on any atom is 0.242 e. The molecular formula is C12H19Cl2N5O. The Bertz CT molecular complexity index is 481. The number of hydrogen-bond acceptors (Lipinski definition) is 5. The Morgan fingerprint density at radius 2 is 1.90 bits per heavy atom. The molecule has 1 amide bonds. The predicted molar refractivity (Wildman–Crippen MR) is 83.0 cm³/mol. The minimum atomic E-state index is -0.481. The third kappa shape index (κ3) is 4.70. The summed E-state index contributed by atoms with van der Waals surface area (Å²) < 4.78 is 0. The summed E-state index contributed by atoms with van der Waals surface area (Å²) in [5, 5.41) is 6.37. The number of pyridine rings is 1. The molecule has 1 heterocycles. The van der Waals surface area contributed by atoms with E-state index in [4.69, 9.17) is 29.0 Å². The van der Waals surface area contributed by atoms with Crippen molar-refractivity contribution in [3.8, 4) is 0 Å². The van der Waals surface area contributed by atoms with E-state index >= 15 is 0 Å². The number of nitrogen functional groups attached to an aromatic ring is 1. The Balaban J connectivity index is 2.75. The van der Waals surface area contributed by atoms with E-state index < -0.39 is 6.04 Å². The lowest BCUT2D eigenvalue weighted by atomic mass is 10.2. The van der Waals surface area contributed by atoms with Gasteiger partial charge in [0.1, 0.15) is 11.9 Å². The SMILES string of the molecule is CC(C)CNC(=O)C(C)Nc1nc(NN)c(Cl)cc1Cl. The zero-order valence-electron chi connectivity index (χ0n) is 11.6. The van der Waals surface area contributed by atoms with Gasteiger partial charge in [-0.3, -0.25) is 4.79 Å². The quantitative estimate of drug-likeness (QED) is 0.477. The minimum absolute atomic E-state index is 0.131. The highest BCUT2D eigenvalue weighted by Crippen LogP contribution is 2.28. The molecule has 1 aromatic heterocycles. The van der Waals surface area contributed by atoms with E-state index in [-0.39, 0.29) is 11.7 Å². The molecule has 112 valence electrons. The number of nitrogens with two attached hydrogens (primary N) is 1. The highest BCUT2D eigenvalue weighted by atomic mass is 35.5. The number of aromatic nitrogens is 1. The highest BCUT2D eigenvalue weighted by Gasteiger charge is 2.16. The molecule has 8 heteroatoms. The Labute approximate surface area is 128 Å². The molecular weight excluding hydrogens is 301 g/mol. The topological polar surface area (TPSA) is 92.1 Å². The fourth-order valence-electron chi connectivity index (χ4n) is 1.40. The lowest BCUT2D eigenvalue weighted by molar-refractivity contribution is -0.121. The summed E-state index contributed by atoms with van der Waals surface area (Å²) in [7, 11) is 0. The van der Waals surface area contributed by atoms with Crippen LogP contribution in [0.2, 0.25) is 10.0 Å². The molecule has 0 spiro atoms. The van der Waals surface area contributed by atoms with Crippen molar-refractivity contribution in [2.24, 2.45) is 11.8 Å². The lowest BCUT2D eigenvalue weighted by Crippen LogP contribution is -2.39. The van der Waals surface area contributed by atoms with Crippen LogP contribution in [0.5, 0.6) is 0 Å². The first-order chi connectivity index (χ1) is 9.35. The second-order valence-corrected chi connectivity index (χ2v) is 5.61. The van der Waals surface area contributed by atoms with Crippen molar-refractivity contribution in [1.82, 2.24) is 10.3 Å². The third-order valence-electron chi connectivity index (χ3n) is 2.50. The molecule has 0 aliphatic heterocycles. The molecule has 0 aromatic carbocycles. The Morgan fingerprint density at radius 3 is 2.45 bits per heavy atom. The van der Waals surface area contributed by atoms with Crippen LogP contribution < -0.4 is 21.9 Å². The van der Waals surface area contributed by atoms with Gasteiger partial charge >= 0.3 is 0 Å². The standard InChI is InChI=1S/C12H19Cl2N5O/c1-6(2)5-16-12(20)7(3)17-10-8(13)4-9(14)11(18-10)19-15/h4,6-7H,5,15H2,1-3H3,(H,16,20)(H2,17,18,19). The molecule has 0 aliphatic carbocycles. The van der Waals surface area contributed by atoms with Crippen LogP contribution in [-0.4, -0.2) is 23.5 Å². The largest absolute Gasteiger partial charge is 0.357 e. The summed E-state index contributed by atoms with van der Waals surface area (Å²) in [4.78, 5) is 16.0. The molecule has 0 radical (unpaired) electrons. The summed E-state index contributed by atoms with van der Waals surface area (Å²) >= 11 is 11.9. The van der Waals surface area contributed by atoms with Crippen molar-refractivity contribution in [3.05, 3.63) is 16.1 Å². The number of carbonyl (C=O) groups excluding carboxylic acids is 1. The van der Waals surface area contributed by atoms with Crippen molar-refractivity contribution in [1.29, 1.82) is 0 Å². The van der Waals surface area contributed by atoms with Crippen LogP contribution in [0.3, 0.4) is 0 Å². The second kappa shape index (κ2) is 7.52. The number of nitrogens with one attached hydrogen (secondary N) is 3. The summed E-state index contributed by atoms with van der Waals surface area (Å²) in [6.07, 6.45) is 0. The van der Waals surface area contributed by atoms with Crippen LogP contribution in [0, 0.1) is 5.92 Å². The van der Waals surface area contributed by atoms with Crippen LogP contribution in [-0.2, 0) is 4.79 Å². The number of halogens is 2. The summed E-state index contributed by atoms with van der Waals surface area (Å²) in [5.74, 6) is 6.18. The smallest absolute Gasteiger partial charge is 0.242 e. The summed E-state index contributed by atoms with van der Waals surface area (Å²) in [6.45, 7) is 6.38. The number of hydrogen-bond donors (Lipinski definition) is 4. The second-order valence-electron chi connectivity index (χ2n) is 4.80. The fraction of sp³-hybridized carbons (Fsp3) is 0.500. The number of anilines is 2. The van der Waals surface area contributed by atoms with E-state index in [1.165, 1.54) is 6.07 Å². The minimum Gasteiger partial charge on any atom is -0.357 e. The molecule has 6 nitrogen and oxygen atoms in total. The predicted octanol–water partition coefficient (Wildman–Crippen LogP) is 2.25. The number of nitrogens with zero attached hydrogens (tertiary/aromatic N) is 1. The number of rotatable bonds is 6. The van der Waals surface area contributed by atoms with Crippen molar-refractivity contribution in [2.75, 3.05) is 17.3 Å². The lowest BCUT2D eigenvalue weighted by Gasteiger charge is -2.17. The Hall–Kier alpha value is -1.24. The van der Waals surface area contributed by atoms with Crippen LogP contribution in [0.25, 0.3) is 0 Å².